The van der Waals surface area contributed by atoms with Crippen molar-refractivity contribution in [3.63, 3.8) is 0 Å². The number of imide groups is 2. The zero-order valence-corrected chi connectivity index (χ0v) is 16.1. The maximum atomic E-state index is 12.3. The highest BCUT2D eigenvalue weighted by molar-refractivity contribution is 7.87. The molecule has 2 N–H and O–H groups in total. The maximum absolute atomic E-state index is 12.3. The number of carbonyl (C=O) groups excluding carboxylic acids is 4. The molecule has 30 heavy (non-hydrogen) atoms. The van der Waals surface area contributed by atoms with E-state index in [4.69, 9.17) is 4.55 Å². The summed E-state index contributed by atoms with van der Waals surface area (Å²) in [6, 6.07) is 4.55. The van der Waals surface area contributed by atoms with Crippen LogP contribution in [0.1, 0.15) is 18.4 Å². The van der Waals surface area contributed by atoms with Crippen molar-refractivity contribution in [2.24, 2.45) is 0 Å². The molecule has 0 spiro atoms. The van der Waals surface area contributed by atoms with Gasteiger partial charge >= 0.3 is 5.97 Å². The van der Waals surface area contributed by atoms with Gasteiger partial charge in [0.05, 0.1) is 12.1 Å². The number of likely N-dealkylation sites (tertiary alicyclic amines) is 1. The number of aryl methyl sites for hydroxylation is 1. The molecule has 2 heterocycles. The van der Waals surface area contributed by atoms with Crippen molar-refractivity contribution in [3.05, 3.63) is 42.0 Å². The zero-order chi connectivity index (χ0) is 22.2. The third-order valence-electron chi connectivity index (χ3n) is 4.83. The maximum Gasteiger partial charge on any atom is 0.326 e. The first-order valence-corrected chi connectivity index (χ1v) is 10.2. The Morgan fingerprint density at radius 1 is 1.10 bits per heavy atom. The number of amides is 4. The van der Waals surface area contributed by atoms with Gasteiger partial charge in [-0.3, -0.25) is 28.6 Å². The SMILES string of the molecule is O=C(O)C(CCc1ccccc1N1C(=O)C=CC1=O)N1C(=O)CC(S(=O)(=O)O)C1=O. The molecule has 2 aliphatic heterocycles. The first-order valence-electron chi connectivity index (χ1n) is 8.71. The summed E-state index contributed by atoms with van der Waals surface area (Å²) in [4.78, 5) is 61.3. The molecule has 12 heteroatoms. The van der Waals surface area contributed by atoms with Gasteiger partial charge in [0, 0.05) is 12.2 Å². The quantitative estimate of drug-likeness (QED) is 0.424. The molecule has 0 bridgehead atoms. The number of para-hydroxylation sites is 1. The van der Waals surface area contributed by atoms with Crippen LogP contribution in [-0.4, -0.2) is 63.9 Å². The molecule has 11 nitrogen and oxygen atoms in total. The predicted octanol–water partition coefficient (Wildman–Crippen LogP) is -0.483. The lowest BCUT2D eigenvalue weighted by molar-refractivity contribution is -0.154. The highest BCUT2D eigenvalue weighted by Gasteiger charge is 2.50. The van der Waals surface area contributed by atoms with Crippen molar-refractivity contribution in [3.8, 4) is 0 Å². The lowest BCUT2D eigenvalue weighted by atomic mass is 10.0. The summed E-state index contributed by atoms with van der Waals surface area (Å²) in [5, 5.41) is 7.48. The summed E-state index contributed by atoms with van der Waals surface area (Å²) in [6.07, 6.45) is 0.996. The van der Waals surface area contributed by atoms with Crippen molar-refractivity contribution in [1.29, 1.82) is 0 Å². The molecule has 1 saturated heterocycles. The van der Waals surface area contributed by atoms with E-state index in [1.54, 1.807) is 18.2 Å². The number of benzene rings is 1. The molecule has 0 radical (unpaired) electrons. The largest absolute Gasteiger partial charge is 0.480 e. The van der Waals surface area contributed by atoms with Gasteiger partial charge in [0.25, 0.3) is 27.8 Å². The third kappa shape index (κ3) is 3.86. The van der Waals surface area contributed by atoms with Crippen molar-refractivity contribution < 1.29 is 42.0 Å². The molecule has 2 aliphatic rings. The van der Waals surface area contributed by atoms with Gasteiger partial charge in [-0.05, 0) is 24.5 Å². The van der Waals surface area contributed by atoms with E-state index in [1.165, 1.54) is 6.07 Å². The second kappa shape index (κ2) is 7.80. The fourth-order valence-corrected chi connectivity index (χ4v) is 4.14. The van der Waals surface area contributed by atoms with E-state index >= 15 is 0 Å². The van der Waals surface area contributed by atoms with Gasteiger partial charge in [-0.15, -0.1) is 0 Å². The normalized spacial score (nSPS) is 20.4. The second-order valence-electron chi connectivity index (χ2n) is 6.68. The summed E-state index contributed by atoms with van der Waals surface area (Å²) < 4.78 is 31.7. The lowest BCUT2D eigenvalue weighted by Crippen LogP contribution is -2.46. The van der Waals surface area contributed by atoms with Gasteiger partial charge in [-0.1, -0.05) is 18.2 Å². The van der Waals surface area contributed by atoms with E-state index in [2.05, 4.69) is 0 Å². The van der Waals surface area contributed by atoms with Gasteiger partial charge in [-0.25, -0.2) is 9.69 Å². The Morgan fingerprint density at radius 2 is 1.70 bits per heavy atom. The van der Waals surface area contributed by atoms with Gasteiger partial charge in [0.15, 0.2) is 5.25 Å². The Labute approximate surface area is 170 Å². The Balaban J connectivity index is 1.85. The first-order chi connectivity index (χ1) is 14.0. The molecule has 3 rings (SSSR count). The molecule has 158 valence electrons. The fraction of sp³-hybridized carbons (Fsp3) is 0.278. The predicted molar refractivity (Wildman–Crippen MR) is 99.6 cm³/mol. The van der Waals surface area contributed by atoms with Crippen LogP contribution < -0.4 is 4.90 Å². The van der Waals surface area contributed by atoms with Gasteiger partial charge in [0.1, 0.15) is 6.04 Å². The number of nitrogens with zero attached hydrogens (tertiary/aromatic N) is 2. The standard InChI is InChI=1S/C18H16N2O9S/c21-14-7-8-15(22)19(14)11-4-2-1-3-10(11)5-6-12(18(25)26)20-16(23)9-13(17(20)24)30(27,28)29/h1-4,7-8,12-13H,5-6,9H2,(H,25,26)(H,27,28,29). The van der Waals surface area contributed by atoms with Crippen LogP contribution >= 0.6 is 0 Å². The van der Waals surface area contributed by atoms with Crippen LogP contribution in [0.3, 0.4) is 0 Å². The monoisotopic (exact) mass is 436 g/mol. The van der Waals surface area contributed by atoms with Crippen LogP contribution in [0.25, 0.3) is 0 Å². The van der Waals surface area contributed by atoms with Crippen LogP contribution in [0.4, 0.5) is 5.69 Å². The molecular formula is C18H16N2O9S. The Hall–Kier alpha value is -3.38. The van der Waals surface area contributed by atoms with E-state index in [0.717, 1.165) is 17.1 Å². The number of rotatable bonds is 7. The van der Waals surface area contributed by atoms with Crippen LogP contribution in [0.15, 0.2) is 36.4 Å². The number of carboxylic acids is 1. The smallest absolute Gasteiger partial charge is 0.326 e. The van der Waals surface area contributed by atoms with Gasteiger partial charge in [-0.2, -0.15) is 8.42 Å². The van der Waals surface area contributed by atoms with Crippen molar-refractivity contribution in [2.45, 2.75) is 30.6 Å². The van der Waals surface area contributed by atoms with Crippen LogP contribution in [0.5, 0.6) is 0 Å². The first kappa shape index (κ1) is 21.3. The summed E-state index contributed by atoms with van der Waals surface area (Å²) >= 11 is 0. The molecule has 0 aliphatic carbocycles. The highest BCUT2D eigenvalue weighted by Crippen LogP contribution is 2.28. The number of hydrogen-bond acceptors (Lipinski definition) is 7. The summed E-state index contributed by atoms with van der Waals surface area (Å²) in [7, 11) is -4.87. The number of aliphatic carboxylic acids is 1. The molecule has 1 fully saturated rings. The van der Waals surface area contributed by atoms with Gasteiger partial charge < -0.3 is 5.11 Å². The van der Waals surface area contributed by atoms with Crippen molar-refractivity contribution in [1.82, 2.24) is 4.90 Å². The molecule has 0 aromatic heterocycles. The van der Waals surface area contributed by atoms with Crippen LogP contribution in [0, 0.1) is 0 Å². The van der Waals surface area contributed by atoms with E-state index in [-0.39, 0.29) is 18.5 Å². The average Bonchev–Trinajstić information content (AvgIpc) is 3.15. The minimum atomic E-state index is -4.87. The Morgan fingerprint density at radius 3 is 2.23 bits per heavy atom. The lowest BCUT2D eigenvalue weighted by Gasteiger charge is -2.24. The number of anilines is 1. The van der Waals surface area contributed by atoms with E-state index < -0.39 is 57.4 Å². The minimum Gasteiger partial charge on any atom is -0.480 e. The zero-order valence-electron chi connectivity index (χ0n) is 15.3. The molecule has 1 aromatic rings. The second-order valence-corrected chi connectivity index (χ2v) is 8.28. The molecular weight excluding hydrogens is 420 g/mol. The van der Waals surface area contributed by atoms with E-state index in [1.807, 2.05) is 0 Å². The average molecular weight is 436 g/mol. The number of carboxylic acid groups (broad SMARTS) is 1. The Bertz CT molecular complexity index is 1070. The third-order valence-corrected chi connectivity index (χ3v) is 5.91. The Kier molecular flexibility index (Phi) is 5.55. The number of carbonyl (C=O) groups is 5. The van der Waals surface area contributed by atoms with Crippen molar-refractivity contribution >= 4 is 45.4 Å². The summed E-state index contributed by atoms with van der Waals surface area (Å²) in [6.45, 7) is 0. The van der Waals surface area contributed by atoms with Crippen LogP contribution in [-0.2, 0) is 40.5 Å². The molecule has 1 aromatic carbocycles. The topological polar surface area (TPSA) is 166 Å². The van der Waals surface area contributed by atoms with E-state index in [0.29, 0.717) is 10.5 Å². The molecule has 4 amide bonds. The summed E-state index contributed by atoms with van der Waals surface area (Å²) in [5.41, 5.74) is 0.649. The van der Waals surface area contributed by atoms with Crippen LogP contribution in [0.2, 0.25) is 0 Å². The highest BCUT2D eigenvalue weighted by atomic mass is 32.2. The molecule has 2 unspecified atom stereocenters. The number of hydrogen-bond donors (Lipinski definition) is 2. The molecule has 2 atom stereocenters. The fourth-order valence-electron chi connectivity index (χ4n) is 3.42. The summed E-state index contributed by atoms with van der Waals surface area (Å²) in [5.74, 6) is -5.01. The minimum absolute atomic E-state index is 0.0438. The van der Waals surface area contributed by atoms with Crippen molar-refractivity contribution in [2.75, 3.05) is 4.90 Å². The van der Waals surface area contributed by atoms with E-state index in [9.17, 15) is 37.5 Å². The molecule has 0 saturated carbocycles. The van der Waals surface area contributed by atoms with Gasteiger partial charge in [0.2, 0.25) is 5.91 Å².